The van der Waals surface area contributed by atoms with Crippen molar-refractivity contribution in [2.24, 2.45) is 0 Å². The Hall–Kier alpha value is -1.43. The molecule has 15 heteroatoms. The molecule has 2 rings (SSSR count). The molecule has 0 bridgehead atoms. The highest BCUT2D eigenvalue weighted by atomic mass is 79.9. The molecule has 0 aromatic rings. The summed E-state index contributed by atoms with van der Waals surface area (Å²) in [5, 5.41) is 46.4. The van der Waals surface area contributed by atoms with Gasteiger partial charge in [-0.2, -0.15) is 0 Å². The van der Waals surface area contributed by atoms with E-state index in [1.54, 1.807) is 0 Å². The van der Waals surface area contributed by atoms with Gasteiger partial charge in [-0.3, -0.25) is 14.4 Å². The van der Waals surface area contributed by atoms with Crippen molar-refractivity contribution in [3.63, 3.8) is 0 Å². The number of ether oxygens (including phenoxy) is 4. The number of carbonyl (C=O) groups is 3. The lowest BCUT2D eigenvalue weighted by Gasteiger charge is -2.45. The third-order valence-electron chi connectivity index (χ3n) is 5.48. The van der Waals surface area contributed by atoms with Crippen LogP contribution in [0.2, 0.25) is 0 Å². The fraction of sp³-hybridized carbons (Fsp3) is 0.850. The number of alkyl halides is 1. The first-order valence-corrected chi connectivity index (χ1v) is 12.3. The van der Waals surface area contributed by atoms with Crippen LogP contribution in [0.4, 0.5) is 0 Å². The Morgan fingerprint density at radius 3 is 2.06 bits per heavy atom. The van der Waals surface area contributed by atoms with Gasteiger partial charge in [0.05, 0.1) is 49.4 Å². The average Bonchev–Trinajstić information content (AvgIpc) is 2.80. The van der Waals surface area contributed by atoms with E-state index in [0.29, 0.717) is 0 Å². The van der Waals surface area contributed by atoms with E-state index < -0.39 is 81.0 Å². The van der Waals surface area contributed by atoms with Crippen LogP contribution in [0.15, 0.2) is 0 Å². The zero-order valence-electron chi connectivity index (χ0n) is 19.5. The lowest BCUT2D eigenvalue weighted by Crippen LogP contribution is -2.63. The maximum atomic E-state index is 11.9. The van der Waals surface area contributed by atoms with Crippen LogP contribution in [-0.2, 0) is 33.3 Å². The van der Waals surface area contributed by atoms with E-state index in [2.05, 4.69) is 31.9 Å². The Morgan fingerprint density at radius 2 is 1.51 bits per heavy atom. The van der Waals surface area contributed by atoms with Crippen LogP contribution in [0.5, 0.6) is 0 Å². The number of aliphatic hydroxyl groups is 4. The van der Waals surface area contributed by atoms with E-state index in [1.807, 2.05) is 0 Å². The summed E-state index contributed by atoms with van der Waals surface area (Å²) in [4.78, 5) is 35.4. The first kappa shape index (κ1) is 29.8. The summed E-state index contributed by atoms with van der Waals surface area (Å²) in [5.74, 6) is -1.15. The molecule has 0 spiro atoms. The van der Waals surface area contributed by atoms with Crippen LogP contribution in [0.3, 0.4) is 0 Å². The van der Waals surface area contributed by atoms with E-state index in [1.165, 1.54) is 13.8 Å². The van der Waals surface area contributed by atoms with E-state index in [9.17, 15) is 29.7 Å². The molecule has 4 unspecified atom stereocenters. The topological polar surface area (TPSA) is 205 Å². The van der Waals surface area contributed by atoms with Gasteiger partial charge in [0.2, 0.25) is 17.7 Å². The molecule has 0 aromatic heterocycles. The van der Waals surface area contributed by atoms with Crippen molar-refractivity contribution in [2.75, 3.05) is 25.2 Å². The van der Waals surface area contributed by atoms with Crippen molar-refractivity contribution in [3.8, 4) is 0 Å². The average molecular weight is 572 g/mol. The number of hydrogen-bond acceptors (Lipinski definition) is 11. The largest absolute Gasteiger partial charge is 0.394 e. The Morgan fingerprint density at radius 1 is 0.943 bits per heavy atom. The van der Waals surface area contributed by atoms with Gasteiger partial charge in [-0.1, -0.05) is 15.9 Å². The van der Waals surface area contributed by atoms with Gasteiger partial charge < -0.3 is 55.3 Å². The number of hydrogen-bond donors (Lipinski definition) is 7. The number of halogens is 1. The normalized spacial score (nSPS) is 34.0. The van der Waals surface area contributed by atoms with Crippen molar-refractivity contribution in [1.82, 2.24) is 16.0 Å². The predicted octanol–water partition coefficient (Wildman–Crippen LogP) is -3.20. The summed E-state index contributed by atoms with van der Waals surface area (Å²) in [6, 6.07) is -1.48. The fourth-order valence-electron chi connectivity index (χ4n) is 4.03. The first-order valence-electron chi connectivity index (χ1n) is 11.1. The van der Waals surface area contributed by atoms with Crippen molar-refractivity contribution in [2.45, 2.75) is 82.0 Å². The summed E-state index contributed by atoms with van der Waals surface area (Å²) in [6.45, 7) is 0.941. The molecule has 3 amide bonds. The second kappa shape index (κ2) is 14.3. The fourth-order valence-corrected chi connectivity index (χ4v) is 4.19. The van der Waals surface area contributed by atoms with E-state index in [0.717, 1.165) is 0 Å². The molecule has 2 aliphatic heterocycles. The molecule has 14 nitrogen and oxygen atoms in total. The number of carbonyl (C=O) groups excluding carboxylic acids is 3. The molecule has 0 radical (unpaired) electrons. The molecule has 35 heavy (non-hydrogen) atoms. The minimum Gasteiger partial charge on any atom is -0.394 e. The molecule has 0 aliphatic carbocycles. The number of amides is 3. The second-order valence-electron chi connectivity index (χ2n) is 8.28. The van der Waals surface area contributed by atoms with Crippen LogP contribution in [0.25, 0.3) is 0 Å². The standard InChI is InChI=1S/C20H34BrN3O11/c1-9(28)22-11-3-14(15(6-25)33-19(11)24-17(30)5-21)34-20-12(23-10(2)29)4-13(16(7-26)35-20)32-18(31)8-27/h11-16,18-20,25-27,31H,3-8H2,1-2H3,(H,22,28)(H,23,29)(H,24,30)/t11?,12?,13-,14-,15?,16?,18-,19+,20+/m0/s1. The van der Waals surface area contributed by atoms with Crippen molar-refractivity contribution < 1.29 is 53.8 Å². The Balaban J connectivity index is 2.21. The van der Waals surface area contributed by atoms with Gasteiger partial charge in [0, 0.05) is 26.7 Å². The Bertz CT molecular complexity index is 718. The minimum atomic E-state index is -1.51. The van der Waals surface area contributed by atoms with Crippen molar-refractivity contribution >= 4 is 33.7 Å². The molecule has 2 aliphatic rings. The molecule has 7 N–H and O–H groups in total. The van der Waals surface area contributed by atoms with Gasteiger partial charge in [0.1, 0.15) is 12.2 Å². The maximum absolute atomic E-state index is 11.9. The summed E-state index contributed by atoms with van der Waals surface area (Å²) in [6.07, 6.45) is -6.94. The molecule has 2 heterocycles. The quantitative estimate of drug-likeness (QED) is 0.0970. The highest BCUT2D eigenvalue weighted by Gasteiger charge is 2.45. The summed E-state index contributed by atoms with van der Waals surface area (Å²) in [7, 11) is 0. The maximum Gasteiger partial charge on any atom is 0.232 e. The third-order valence-corrected chi connectivity index (χ3v) is 5.99. The van der Waals surface area contributed by atoms with Gasteiger partial charge in [-0.25, -0.2) is 0 Å². The molecule has 2 saturated heterocycles. The van der Waals surface area contributed by atoms with Crippen molar-refractivity contribution in [1.29, 1.82) is 0 Å². The van der Waals surface area contributed by atoms with Gasteiger partial charge in [-0.05, 0) is 0 Å². The Kier molecular flexibility index (Phi) is 12.2. The highest BCUT2D eigenvalue weighted by molar-refractivity contribution is 9.09. The van der Waals surface area contributed by atoms with E-state index in [-0.39, 0.29) is 30.0 Å². The summed E-state index contributed by atoms with van der Waals surface area (Å²) >= 11 is 3.04. The van der Waals surface area contributed by atoms with Crippen LogP contribution < -0.4 is 16.0 Å². The van der Waals surface area contributed by atoms with Gasteiger partial charge >= 0.3 is 0 Å². The van der Waals surface area contributed by atoms with Crippen LogP contribution in [0, 0.1) is 0 Å². The van der Waals surface area contributed by atoms with Gasteiger partial charge in [0.25, 0.3) is 0 Å². The third kappa shape index (κ3) is 8.87. The van der Waals surface area contributed by atoms with Crippen LogP contribution in [0.1, 0.15) is 26.7 Å². The van der Waals surface area contributed by atoms with Crippen LogP contribution >= 0.6 is 15.9 Å². The van der Waals surface area contributed by atoms with Gasteiger partial charge in [0.15, 0.2) is 18.8 Å². The zero-order valence-corrected chi connectivity index (χ0v) is 21.0. The molecule has 2 fully saturated rings. The predicted molar refractivity (Wildman–Crippen MR) is 121 cm³/mol. The Labute approximate surface area is 210 Å². The van der Waals surface area contributed by atoms with E-state index in [4.69, 9.17) is 24.1 Å². The molecule has 9 atom stereocenters. The number of nitrogens with one attached hydrogen (secondary N) is 3. The lowest BCUT2D eigenvalue weighted by atomic mass is 9.97. The molecular formula is C20H34BrN3O11. The smallest absolute Gasteiger partial charge is 0.232 e. The number of rotatable bonds is 11. The SMILES string of the molecule is CC(=O)NC1C[C@H](O[C@H](O)CO)C(CO)O[C@H]1O[C@H]1CC(NC(C)=O)[C@H](NC(=O)CBr)OC1CO. The highest BCUT2D eigenvalue weighted by Crippen LogP contribution is 2.29. The van der Waals surface area contributed by atoms with Gasteiger partial charge in [-0.15, -0.1) is 0 Å². The number of aliphatic hydroxyl groups excluding tert-OH is 4. The molecule has 0 aromatic carbocycles. The summed E-state index contributed by atoms with van der Waals surface area (Å²) in [5.41, 5.74) is 0. The monoisotopic (exact) mass is 571 g/mol. The van der Waals surface area contributed by atoms with Crippen LogP contribution in [-0.4, -0.2) is 119 Å². The zero-order chi connectivity index (χ0) is 26.1. The lowest BCUT2D eigenvalue weighted by molar-refractivity contribution is -0.300. The van der Waals surface area contributed by atoms with Crippen molar-refractivity contribution in [3.05, 3.63) is 0 Å². The minimum absolute atomic E-state index is 0.00838. The molecular weight excluding hydrogens is 538 g/mol. The molecule has 0 saturated carbocycles. The first-order chi connectivity index (χ1) is 16.6. The van der Waals surface area contributed by atoms with E-state index >= 15 is 0 Å². The second-order valence-corrected chi connectivity index (χ2v) is 8.84. The molecule has 202 valence electrons. The summed E-state index contributed by atoms with van der Waals surface area (Å²) < 4.78 is 23.0.